The Bertz CT molecular complexity index is 1410. The van der Waals surface area contributed by atoms with E-state index in [1.165, 1.54) is 0 Å². The summed E-state index contributed by atoms with van der Waals surface area (Å²) in [5.74, 6) is 1.24. The molecule has 9 nitrogen and oxygen atoms in total. The molecule has 4 heterocycles. The molecule has 1 atom stereocenters. The number of ether oxygens (including phenoxy) is 1. The fourth-order valence-corrected chi connectivity index (χ4v) is 3.98. The van der Waals surface area contributed by atoms with Crippen molar-refractivity contribution < 1.29 is 13.9 Å². The Morgan fingerprint density at radius 3 is 2.79 bits per heavy atom. The molecule has 0 radical (unpaired) electrons. The first-order valence-electron chi connectivity index (χ1n) is 11.0. The van der Waals surface area contributed by atoms with E-state index < -0.39 is 0 Å². The number of pyridine rings is 1. The van der Waals surface area contributed by atoms with Gasteiger partial charge in [-0.1, -0.05) is 11.6 Å². The molecule has 0 bridgehead atoms. The largest absolute Gasteiger partial charge is 0.449 e. The van der Waals surface area contributed by atoms with Crippen LogP contribution in [0.1, 0.15) is 44.1 Å². The minimum atomic E-state index is -0.234. The van der Waals surface area contributed by atoms with E-state index in [0.29, 0.717) is 47.5 Å². The Balaban J connectivity index is 1.48. The van der Waals surface area contributed by atoms with Crippen molar-refractivity contribution in [3.05, 3.63) is 47.1 Å². The summed E-state index contributed by atoms with van der Waals surface area (Å²) in [5, 5.41) is 11.5. The summed E-state index contributed by atoms with van der Waals surface area (Å²) in [6.07, 6.45) is 0. The number of hydrogen-bond donors (Lipinski definition) is 3. The van der Waals surface area contributed by atoms with Crippen LogP contribution in [0.5, 0.6) is 11.8 Å². The maximum Gasteiger partial charge on any atom is 0.289 e. The Kier molecular flexibility index (Phi) is 5.53. The van der Waals surface area contributed by atoms with Gasteiger partial charge in [0.05, 0.1) is 23.1 Å². The summed E-state index contributed by atoms with van der Waals surface area (Å²) in [4.78, 5) is 25.9. The van der Waals surface area contributed by atoms with Gasteiger partial charge in [-0.2, -0.15) is 4.98 Å². The standard InChI is InChI=1S/C24H25ClN6O3/c1-12-10-26-21-20-13-5-8-18(29-14(13)6-7-15(20)33-22(21)23(32)28-12)34-19-9-16(25)30-17(31-19)11-27-24(2,3)4/h5-9,12,26-27H,10-11H2,1-4H3,(H,28,32)/t12-/m1/s1. The van der Waals surface area contributed by atoms with Crippen LogP contribution in [0.25, 0.3) is 21.9 Å². The lowest BCUT2D eigenvalue weighted by molar-refractivity contribution is 0.0920. The van der Waals surface area contributed by atoms with Crippen molar-refractivity contribution in [3.63, 3.8) is 0 Å². The molecule has 5 rings (SSSR count). The van der Waals surface area contributed by atoms with Crippen LogP contribution in [0.15, 0.2) is 34.7 Å². The van der Waals surface area contributed by atoms with E-state index in [0.717, 1.165) is 10.8 Å². The molecule has 1 amide bonds. The first-order valence-corrected chi connectivity index (χ1v) is 11.4. The zero-order valence-electron chi connectivity index (χ0n) is 19.3. The van der Waals surface area contributed by atoms with Crippen LogP contribution in [0.3, 0.4) is 0 Å². The summed E-state index contributed by atoms with van der Waals surface area (Å²) < 4.78 is 11.8. The van der Waals surface area contributed by atoms with Crippen molar-refractivity contribution >= 4 is 45.1 Å². The van der Waals surface area contributed by atoms with E-state index >= 15 is 0 Å². The van der Waals surface area contributed by atoms with Crippen molar-refractivity contribution in [2.24, 2.45) is 0 Å². The molecule has 0 spiro atoms. The highest BCUT2D eigenvalue weighted by Crippen LogP contribution is 2.37. The monoisotopic (exact) mass is 480 g/mol. The molecule has 10 heteroatoms. The van der Waals surface area contributed by atoms with E-state index in [1.807, 2.05) is 19.1 Å². The number of hydrogen-bond acceptors (Lipinski definition) is 8. The average molecular weight is 481 g/mol. The van der Waals surface area contributed by atoms with Gasteiger partial charge in [0.25, 0.3) is 5.91 Å². The molecule has 3 aromatic heterocycles. The van der Waals surface area contributed by atoms with Crippen LogP contribution in [0.2, 0.25) is 5.15 Å². The van der Waals surface area contributed by atoms with Crippen molar-refractivity contribution in [3.8, 4) is 11.8 Å². The maximum absolute atomic E-state index is 12.5. The van der Waals surface area contributed by atoms with Gasteiger partial charge < -0.3 is 25.1 Å². The summed E-state index contributed by atoms with van der Waals surface area (Å²) in [6.45, 7) is 9.17. The molecule has 4 aromatic rings. The summed E-state index contributed by atoms with van der Waals surface area (Å²) in [6, 6.07) is 8.83. The summed E-state index contributed by atoms with van der Waals surface area (Å²) in [7, 11) is 0. The molecular formula is C24H25ClN6O3. The zero-order valence-corrected chi connectivity index (χ0v) is 20.1. The average Bonchev–Trinajstić information content (AvgIpc) is 3.08. The predicted molar refractivity (Wildman–Crippen MR) is 131 cm³/mol. The smallest absolute Gasteiger partial charge is 0.289 e. The lowest BCUT2D eigenvalue weighted by Gasteiger charge is -2.19. The normalized spacial score (nSPS) is 16.1. The van der Waals surface area contributed by atoms with Crippen LogP contribution < -0.4 is 20.7 Å². The number of carbonyl (C=O) groups excluding carboxylic acids is 1. The van der Waals surface area contributed by atoms with Crippen LogP contribution in [0.4, 0.5) is 5.69 Å². The van der Waals surface area contributed by atoms with Gasteiger partial charge in [-0.15, -0.1) is 0 Å². The molecule has 0 aliphatic carbocycles. The number of fused-ring (bicyclic) bond motifs is 5. The van der Waals surface area contributed by atoms with Crippen LogP contribution in [-0.4, -0.2) is 39.0 Å². The molecule has 1 aromatic carbocycles. The zero-order chi connectivity index (χ0) is 24.0. The quantitative estimate of drug-likeness (QED) is 0.362. The second kappa shape index (κ2) is 8.41. The number of carbonyl (C=O) groups is 1. The second-order valence-corrected chi connectivity index (χ2v) is 9.75. The van der Waals surface area contributed by atoms with E-state index in [-0.39, 0.29) is 28.4 Å². The molecule has 1 aliphatic rings. The van der Waals surface area contributed by atoms with E-state index in [4.69, 9.17) is 20.8 Å². The fraction of sp³-hybridized carbons (Fsp3) is 0.333. The minimum Gasteiger partial charge on any atom is -0.449 e. The van der Waals surface area contributed by atoms with E-state index in [9.17, 15) is 4.79 Å². The van der Waals surface area contributed by atoms with Crippen molar-refractivity contribution in [1.29, 1.82) is 0 Å². The van der Waals surface area contributed by atoms with Crippen molar-refractivity contribution in [2.45, 2.75) is 45.8 Å². The predicted octanol–water partition coefficient (Wildman–Crippen LogP) is 4.65. The molecular weight excluding hydrogens is 456 g/mol. The highest BCUT2D eigenvalue weighted by molar-refractivity contribution is 6.29. The van der Waals surface area contributed by atoms with Gasteiger partial charge in [-0.25, -0.2) is 9.97 Å². The fourth-order valence-electron chi connectivity index (χ4n) is 3.79. The molecule has 0 saturated carbocycles. The number of aromatic nitrogens is 3. The number of nitrogens with zero attached hydrogens (tertiary/aromatic N) is 3. The third kappa shape index (κ3) is 4.49. The molecule has 0 unspecified atom stereocenters. The topological polar surface area (TPSA) is 114 Å². The van der Waals surface area contributed by atoms with Gasteiger partial charge in [0.15, 0.2) is 0 Å². The Labute approximate surface area is 201 Å². The van der Waals surface area contributed by atoms with Crippen LogP contribution in [0, 0.1) is 0 Å². The Morgan fingerprint density at radius 2 is 2.00 bits per heavy atom. The number of nitrogens with one attached hydrogen (secondary N) is 3. The van der Waals surface area contributed by atoms with Crippen molar-refractivity contribution in [2.75, 3.05) is 11.9 Å². The molecule has 0 saturated heterocycles. The number of anilines is 1. The highest BCUT2D eigenvalue weighted by atomic mass is 35.5. The number of benzene rings is 1. The Morgan fingerprint density at radius 1 is 1.18 bits per heavy atom. The van der Waals surface area contributed by atoms with Crippen LogP contribution >= 0.6 is 11.6 Å². The SMILES string of the molecule is C[C@@H]1CNc2c(oc3ccc4nc(Oc5cc(Cl)nc(CNC(C)(C)C)n5)ccc4c23)C(=O)N1. The molecule has 3 N–H and O–H groups in total. The first-order chi connectivity index (χ1) is 16.2. The number of halogens is 1. The lowest BCUT2D eigenvalue weighted by atomic mass is 10.1. The third-order valence-corrected chi connectivity index (χ3v) is 5.56. The molecule has 34 heavy (non-hydrogen) atoms. The highest BCUT2D eigenvalue weighted by Gasteiger charge is 2.26. The number of furan rings is 1. The van der Waals surface area contributed by atoms with Gasteiger partial charge in [0.2, 0.25) is 17.5 Å². The summed E-state index contributed by atoms with van der Waals surface area (Å²) in [5.41, 5.74) is 1.90. The third-order valence-electron chi connectivity index (χ3n) is 5.37. The van der Waals surface area contributed by atoms with Gasteiger partial charge in [0, 0.05) is 35.6 Å². The maximum atomic E-state index is 12.5. The van der Waals surface area contributed by atoms with E-state index in [2.05, 4.69) is 51.7 Å². The second-order valence-electron chi connectivity index (χ2n) is 9.37. The van der Waals surface area contributed by atoms with Gasteiger partial charge in [-0.3, -0.25) is 4.79 Å². The van der Waals surface area contributed by atoms with E-state index in [1.54, 1.807) is 18.2 Å². The minimum absolute atomic E-state index is 0.0126. The molecule has 0 fully saturated rings. The Hall–Kier alpha value is -3.43. The molecule has 176 valence electrons. The molecule has 1 aliphatic heterocycles. The van der Waals surface area contributed by atoms with Crippen molar-refractivity contribution in [1.82, 2.24) is 25.6 Å². The first kappa shape index (κ1) is 22.4. The summed E-state index contributed by atoms with van der Waals surface area (Å²) >= 11 is 6.19. The van der Waals surface area contributed by atoms with Crippen LogP contribution in [-0.2, 0) is 6.54 Å². The number of rotatable bonds is 4. The van der Waals surface area contributed by atoms with Gasteiger partial charge >= 0.3 is 0 Å². The van der Waals surface area contributed by atoms with Gasteiger partial charge in [0.1, 0.15) is 16.6 Å². The van der Waals surface area contributed by atoms with Gasteiger partial charge in [-0.05, 0) is 45.9 Å². The number of amides is 1. The lowest BCUT2D eigenvalue weighted by Crippen LogP contribution is -2.35.